The lowest BCUT2D eigenvalue weighted by Gasteiger charge is -1.87. The van der Waals surface area contributed by atoms with Crippen molar-refractivity contribution < 1.29 is 9.18 Å². The number of hydrogen-bond donors (Lipinski definition) is 0. The van der Waals surface area contributed by atoms with Crippen LogP contribution in [0.1, 0.15) is 10.4 Å². The Morgan fingerprint density at radius 2 is 2.44 bits per heavy atom. The van der Waals surface area contributed by atoms with Gasteiger partial charge in [0.05, 0.1) is 5.56 Å². The third-order valence-electron chi connectivity index (χ3n) is 0.953. The third kappa shape index (κ3) is 1.13. The van der Waals surface area contributed by atoms with Crippen LogP contribution in [0, 0.1) is 11.9 Å². The van der Waals surface area contributed by atoms with E-state index in [9.17, 15) is 9.18 Å². The molecule has 0 atom stereocenters. The Labute approximate surface area is 52.1 Å². The molecule has 2 heteroatoms. The zero-order chi connectivity index (χ0) is 6.69. The average molecular weight is 123 g/mol. The van der Waals surface area contributed by atoms with Gasteiger partial charge in [0.2, 0.25) is 0 Å². The lowest BCUT2D eigenvalue weighted by Crippen LogP contribution is -1.84. The highest BCUT2D eigenvalue weighted by atomic mass is 19.1. The molecular formula is C7H4FO. The van der Waals surface area contributed by atoms with E-state index in [0.717, 1.165) is 0 Å². The van der Waals surface area contributed by atoms with Crippen LogP contribution in [0.25, 0.3) is 0 Å². The molecule has 45 valence electrons. The second-order valence-electron chi connectivity index (χ2n) is 1.55. The predicted octanol–water partition coefficient (Wildman–Crippen LogP) is 1.44. The van der Waals surface area contributed by atoms with E-state index in [1.54, 1.807) is 0 Å². The minimum Gasteiger partial charge on any atom is -0.298 e. The van der Waals surface area contributed by atoms with Crippen LogP contribution in [-0.2, 0) is 0 Å². The normalized spacial score (nSPS) is 9.00. The van der Waals surface area contributed by atoms with Crippen LogP contribution in [0.3, 0.4) is 0 Å². The van der Waals surface area contributed by atoms with E-state index in [-0.39, 0.29) is 5.56 Å². The molecule has 0 saturated carbocycles. The van der Waals surface area contributed by atoms with Crippen LogP contribution in [0.5, 0.6) is 0 Å². The molecule has 0 unspecified atom stereocenters. The summed E-state index contributed by atoms with van der Waals surface area (Å²) in [5.74, 6) is -0.521. The standard InChI is InChI=1S/C7H4FO/c8-7-4-2-1-3-6(7)5-9/h1-2,4-5H. The Morgan fingerprint density at radius 1 is 1.67 bits per heavy atom. The quantitative estimate of drug-likeness (QED) is 0.516. The Kier molecular flexibility index (Phi) is 1.58. The van der Waals surface area contributed by atoms with Crippen LogP contribution >= 0.6 is 0 Å². The topological polar surface area (TPSA) is 17.1 Å². The first-order valence-corrected chi connectivity index (χ1v) is 2.46. The van der Waals surface area contributed by atoms with Crippen LogP contribution in [-0.4, -0.2) is 6.29 Å². The lowest BCUT2D eigenvalue weighted by atomic mass is 10.2. The molecule has 0 spiro atoms. The van der Waals surface area contributed by atoms with Gasteiger partial charge < -0.3 is 0 Å². The Morgan fingerprint density at radius 3 is 2.89 bits per heavy atom. The Hall–Kier alpha value is -1.18. The number of carbonyl (C=O) groups is 1. The fraction of sp³-hybridized carbons (Fsp3) is 0. The first kappa shape index (κ1) is 5.95. The fourth-order valence-corrected chi connectivity index (χ4v) is 0.520. The summed E-state index contributed by atoms with van der Waals surface area (Å²) in [4.78, 5) is 9.96. The van der Waals surface area contributed by atoms with Gasteiger partial charge in [0, 0.05) is 0 Å². The molecule has 1 aromatic rings. The SMILES string of the molecule is O=Cc1[c]cccc1F. The van der Waals surface area contributed by atoms with E-state index in [1.807, 2.05) is 0 Å². The molecule has 1 radical (unpaired) electrons. The van der Waals surface area contributed by atoms with Gasteiger partial charge in [-0.3, -0.25) is 4.79 Å². The molecule has 1 rings (SSSR count). The molecule has 0 aromatic heterocycles. The third-order valence-corrected chi connectivity index (χ3v) is 0.953. The van der Waals surface area contributed by atoms with E-state index < -0.39 is 5.82 Å². The smallest absolute Gasteiger partial charge is 0.153 e. The Bertz CT molecular complexity index is 220. The summed E-state index contributed by atoms with van der Waals surface area (Å²) < 4.78 is 12.3. The summed E-state index contributed by atoms with van der Waals surface area (Å²) in [5, 5.41) is 0. The van der Waals surface area contributed by atoms with Crippen molar-refractivity contribution in [2.45, 2.75) is 0 Å². The molecule has 9 heavy (non-hydrogen) atoms. The summed E-state index contributed by atoms with van der Waals surface area (Å²) in [6.45, 7) is 0. The first-order chi connectivity index (χ1) is 4.34. The largest absolute Gasteiger partial charge is 0.298 e. The van der Waals surface area contributed by atoms with Gasteiger partial charge in [-0.15, -0.1) is 0 Å². The maximum Gasteiger partial charge on any atom is 0.153 e. The second kappa shape index (κ2) is 2.40. The molecule has 0 bridgehead atoms. The van der Waals surface area contributed by atoms with Crippen molar-refractivity contribution in [2.75, 3.05) is 0 Å². The van der Waals surface area contributed by atoms with Gasteiger partial charge >= 0.3 is 0 Å². The summed E-state index contributed by atoms with van der Waals surface area (Å²) >= 11 is 0. The second-order valence-corrected chi connectivity index (χ2v) is 1.55. The van der Waals surface area contributed by atoms with Crippen molar-refractivity contribution in [3.05, 3.63) is 35.6 Å². The van der Waals surface area contributed by atoms with E-state index in [1.165, 1.54) is 18.2 Å². The van der Waals surface area contributed by atoms with Gasteiger partial charge in [-0.25, -0.2) is 4.39 Å². The van der Waals surface area contributed by atoms with Crippen molar-refractivity contribution in [3.8, 4) is 0 Å². The molecule has 1 nitrogen and oxygen atoms in total. The van der Waals surface area contributed by atoms with Gasteiger partial charge in [0.15, 0.2) is 6.29 Å². The van der Waals surface area contributed by atoms with Gasteiger partial charge in [-0.1, -0.05) is 12.1 Å². The number of aldehydes is 1. The summed E-state index contributed by atoms with van der Waals surface area (Å²) in [7, 11) is 0. The lowest BCUT2D eigenvalue weighted by molar-refractivity contribution is 0.111. The van der Waals surface area contributed by atoms with Gasteiger partial charge in [0.25, 0.3) is 0 Å². The predicted molar refractivity (Wildman–Crippen MR) is 30.6 cm³/mol. The summed E-state index contributed by atoms with van der Waals surface area (Å²) in [6.07, 6.45) is 0.440. The Balaban J connectivity index is 3.15. The zero-order valence-corrected chi connectivity index (χ0v) is 4.60. The van der Waals surface area contributed by atoms with E-state index in [4.69, 9.17) is 0 Å². The van der Waals surface area contributed by atoms with E-state index >= 15 is 0 Å². The average Bonchev–Trinajstić information content (AvgIpc) is 1.89. The highest BCUT2D eigenvalue weighted by molar-refractivity contribution is 5.74. The van der Waals surface area contributed by atoms with Crippen molar-refractivity contribution in [1.82, 2.24) is 0 Å². The summed E-state index contributed by atoms with van der Waals surface area (Å²) in [6, 6.07) is 6.65. The van der Waals surface area contributed by atoms with Crippen molar-refractivity contribution in [2.24, 2.45) is 0 Å². The zero-order valence-electron chi connectivity index (χ0n) is 4.60. The first-order valence-electron chi connectivity index (χ1n) is 2.46. The van der Waals surface area contributed by atoms with Crippen molar-refractivity contribution in [1.29, 1.82) is 0 Å². The van der Waals surface area contributed by atoms with Crippen LogP contribution in [0.2, 0.25) is 0 Å². The number of benzene rings is 1. The molecular weight excluding hydrogens is 119 g/mol. The number of hydrogen-bond acceptors (Lipinski definition) is 1. The van der Waals surface area contributed by atoms with Crippen molar-refractivity contribution in [3.63, 3.8) is 0 Å². The van der Waals surface area contributed by atoms with Crippen LogP contribution in [0.4, 0.5) is 4.39 Å². The number of halogens is 1. The minimum absolute atomic E-state index is 0.0162. The minimum atomic E-state index is -0.521. The van der Waals surface area contributed by atoms with Gasteiger partial charge in [0.1, 0.15) is 5.82 Å². The number of carbonyl (C=O) groups excluding carboxylic acids is 1. The fourth-order valence-electron chi connectivity index (χ4n) is 0.520. The van der Waals surface area contributed by atoms with E-state index in [2.05, 4.69) is 6.07 Å². The monoisotopic (exact) mass is 123 g/mol. The molecule has 0 N–H and O–H groups in total. The van der Waals surface area contributed by atoms with Gasteiger partial charge in [-0.05, 0) is 12.1 Å². The molecule has 0 heterocycles. The maximum absolute atomic E-state index is 12.3. The number of rotatable bonds is 1. The van der Waals surface area contributed by atoms with Crippen LogP contribution in [0.15, 0.2) is 18.2 Å². The van der Waals surface area contributed by atoms with Crippen LogP contribution < -0.4 is 0 Å². The molecule has 0 amide bonds. The summed E-state index contributed by atoms with van der Waals surface area (Å²) in [5.41, 5.74) is -0.0162. The van der Waals surface area contributed by atoms with Gasteiger partial charge in [-0.2, -0.15) is 0 Å². The molecule has 0 saturated heterocycles. The van der Waals surface area contributed by atoms with E-state index in [0.29, 0.717) is 6.29 Å². The molecule has 0 aliphatic rings. The molecule has 0 aliphatic carbocycles. The van der Waals surface area contributed by atoms with Crippen molar-refractivity contribution >= 4 is 6.29 Å². The molecule has 1 aromatic carbocycles. The molecule has 0 fully saturated rings. The molecule has 0 aliphatic heterocycles. The maximum atomic E-state index is 12.3. The highest BCUT2D eigenvalue weighted by Crippen LogP contribution is 2.00. The highest BCUT2D eigenvalue weighted by Gasteiger charge is 1.95.